The minimum absolute atomic E-state index is 0.0944. The van der Waals surface area contributed by atoms with Gasteiger partial charge in [0, 0.05) is 6.07 Å². The summed E-state index contributed by atoms with van der Waals surface area (Å²) in [7, 11) is -4.00. The van der Waals surface area contributed by atoms with Crippen LogP contribution in [-0.2, 0) is 10.0 Å². The maximum Gasteiger partial charge on any atom is 0.279 e. The molecule has 2 N–H and O–H groups in total. The standard InChI is InChI=1S/C10H9F2N3O2S/c1-6-2-8(12)9(3-7(6)11)15-18(16,17)10-4-13-5-14-10/h2-5,15H,1H3,(H,13,14). The minimum atomic E-state index is -4.00. The summed E-state index contributed by atoms with van der Waals surface area (Å²) in [5.41, 5.74) is -0.357. The van der Waals surface area contributed by atoms with Crippen molar-refractivity contribution in [1.82, 2.24) is 9.97 Å². The first-order chi connectivity index (χ1) is 8.40. The van der Waals surface area contributed by atoms with Gasteiger partial charge in [0.2, 0.25) is 0 Å². The number of aromatic amines is 1. The average Bonchev–Trinajstić information content (AvgIpc) is 2.79. The fraction of sp³-hybridized carbons (Fsp3) is 0.100. The van der Waals surface area contributed by atoms with E-state index in [2.05, 4.69) is 9.97 Å². The van der Waals surface area contributed by atoms with Crippen LogP contribution in [-0.4, -0.2) is 18.4 Å². The molecule has 96 valence electrons. The molecule has 8 heteroatoms. The molecule has 0 atom stereocenters. The second-order valence-electron chi connectivity index (χ2n) is 3.60. The molecule has 2 aromatic rings. The Morgan fingerprint density at radius 1 is 1.28 bits per heavy atom. The zero-order chi connectivity index (χ0) is 13.3. The number of nitrogens with one attached hydrogen (secondary N) is 2. The molecule has 0 fully saturated rings. The predicted octanol–water partition coefficient (Wildman–Crippen LogP) is 1.80. The highest BCUT2D eigenvalue weighted by molar-refractivity contribution is 7.92. The van der Waals surface area contributed by atoms with Gasteiger partial charge in [-0.25, -0.2) is 13.8 Å². The van der Waals surface area contributed by atoms with Crippen molar-refractivity contribution in [3.63, 3.8) is 0 Å². The number of hydrogen-bond donors (Lipinski definition) is 2. The lowest BCUT2D eigenvalue weighted by molar-refractivity contribution is 0.589. The quantitative estimate of drug-likeness (QED) is 0.895. The normalized spacial score (nSPS) is 11.5. The third-order valence-corrected chi connectivity index (χ3v) is 3.55. The summed E-state index contributed by atoms with van der Waals surface area (Å²) in [4.78, 5) is 5.91. The third-order valence-electron chi connectivity index (χ3n) is 2.26. The first-order valence-corrected chi connectivity index (χ1v) is 6.35. The molecule has 0 amide bonds. The second kappa shape index (κ2) is 4.37. The van der Waals surface area contributed by atoms with Crippen LogP contribution in [0.15, 0.2) is 29.7 Å². The summed E-state index contributed by atoms with van der Waals surface area (Å²) >= 11 is 0. The lowest BCUT2D eigenvalue weighted by Crippen LogP contribution is -2.14. The van der Waals surface area contributed by atoms with Gasteiger partial charge in [-0.1, -0.05) is 0 Å². The molecule has 0 saturated heterocycles. The van der Waals surface area contributed by atoms with E-state index in [1.54, 1.807) is 0 Å². The number of hydrogen-bond acceptors (Lipinski definition) is 3. The summed E-state index contributed by atoms with van der Waals surface area (Å²) in [5.74, 6) is -1.55. The third kappa shape index (κ3) is 2.33. The Morgan fingerprint density at radius 3 is 2.61 bits per heavy atom. The van der Waals surface area contributed by atoms with Crippen LogP contribution in [0.4, 0.5) is 14.5 Å². The molecular formula is C10H9F2N3O2S. The summed E-state index contributed by atoms with van der Waals surface area (Å²) in [6, 6.07) is 1.71. The van der Waals surface area contributed by atoms with E-state index in [0.29, 0.717) is 0 Å². The molecule has 0 saturated carbocycles. The van der Waals surface area contributed by atoms with Crippen LogP contribution in [0.2, 0.25) is 0 Å². The van der Waals surface area contributed by atoms with E-state index < -0.39 is 27.3 Å². The van der Waals surface area contributed by atoms with Crippen molar-refractivity contribution in [2.45, 2.75) is 11.9 Å². The number of aromatic nitrogens is 2. The van der Waals surface area contributed by atoms with Crippen molar-refractivity contribution in [2.75, 3.05) is 4.72 Å². The van der Waals surface area contributed by atoms with Crippen LogP contribution in [0.3, 0.4) is 0 Å². The fourth-order valence-corrected chi connectivity index (χ4v) is 2.28. The molecule has 0 aliphatic rings. The Hall–Kier alpha value is -1.96. The zero-order valence-corrected chi connectivity index (χ0v) is 10.1. The molecular weight excluding hydrogens is 264 g/mol. The molecule has 1 aromatic carbocycles. The first kappa shape index (κ1) is 12.5. The van der Waals surface area contributed by atoms with E-state index in [1.807, 2.05) is 4.72 Å². The van der Waals surface area contributed by atoms with Crippen LogP contribution < -0.4 is 4.72 Å². The van der Waals surface area contributed by atoms with Gasteiger partial charge in [-0.15, -0.1) is 0 Å². The zero-order valence-electron chi connectivity index (χ0n) is 9.24. The number of nitrogens with zero attached hydrogens (tertiary/aromatic N) is 1. The maximum absolute atomic E-state index is 13.5. The van der Waals surface area contributed by atoms with Gasteiger partial charge in [-0.2, -0.15) is 8.42 Å². The van der Waals surface area contributed by atoms with Crippen LogP contribution in [0, 0.1) is 18.6 Å². The number of sulfonamides is 1. The van der Waals surface area contributed by atoms with E-state index in [9.17, 15) is 17.2 Å². The Balaban J connectivity index is 2.39. The Bertz CT molecular complexity index is 669. The smallest absolute Gasteiger partial charge is 0.279 e. The summed E-state index contributed by atoms with van der Waals surface area (Å²) in [6.07, 6.45) is 2.23. The van der Waals surface area contributed by atoms with Crippen molar-refractivity contribution < 1.29 is 17.2 Å². The van der Waals surface area contributed by atoms with Gasteiger partial charge >= 0.3 is 0 Å². The molecule has 5 nitrogen and oxygen atoms in total. The number of benzene rings is 1. The van der Waals surface area contributed by atoms with Crippen molar-refractivity contribution in [1.29, 1.82) is 0 Å². The van der Waals surface area contributed by atoms with Crippen molar-refractivity contribution in [3.8, 4) is 0 Å². The van der Waals surface area contributed by atoms with Crippen molar-refractivity contribution in [3.05, 3.63) is 41.9 Å². The largest absolute Gasteiger partial charge is 0.334 e. The molecule has 0 aliphatic carbocycles. The number of imidazole rings is 1. The minimum Gasteiger partial charge on any atom is -0.334 e. The van der Waals surface area contributed by atoms with Gasteiger partial charge < -0.3 is 4.98 Å². The van der Waals surface area contributed by atoms with Crippen molar-refractivity contribution in [2.24, 2.45) is 0 Å². The Morgan fingerprint density at radius 2 is 2.00 bits per heavy atom. The Labute approximate surface area is 102 Å². The highest BCUT2D eigenvalue weighted by atomic mass is 32.2. The molecule has 1 aromatic heterocycles. The highest BCUT2D eigenvalue weighted by Gasteiger charge is 2.18. The van der Waals surface area contributed by atoms with Crippen LogP contribution in [0.1, 0.15) is 5.56 Å². The number of aryl methyl sites for hydroxylation is 1. The lowest BCUT2D eigenvalue weighted by atomic mass is 10.2. The molecule has 0 bridgehead atoms. The molecule has 0 radical (unpaired) electrons. The van der Waals surface area contributed by atoms with Gasteiger partial charge in [-0.05, 0) is 18.6 Å². The number of halogens is 2. The second-order valence-corrected chi connectivity index (χ2v) is 5.25. The van der Waals surface area contributed by atoms with Gasteiger partial charge in [0.05, 0.1) is 18.2 Å². The van der Waals surface area contributed by atoms with E-state index >= 15 is 0 Å². The molecule has 0 spiro atoms. The van der Waals surface area contributed by atoms with Crippen LogP contribution in [0.25, 0.3) is 0 Å². The molecule has 0 unspecified atom stereocenters. The number of rotatable bonds is 3. The first-order valence-electron chi connectivity index (χ1n) is 4.87. The SMILES string of the molecule is Cc1cc(F)c(NS(=O)(=O)c2cnc[nH]2)cc1F. The van der Waals surface area contributed by atoms with Gasteiger partial charge in [0.25, 0.3) is 10.0 Å². The maximum atomic E-state index is 13.5. The Kier molecular flexibility index (Phi) is 3.04. The van der Waals surface area contributed by atoms with Crippen molar-refractivity contribution >= 4 is 15.7 Å². The van der Waals surface area contributed by atoms with E-state index in [4.69, 9.17) is 0 Å². The van der Waals surface area contributed by atoms with E-state index in [1.165, 1.54) is 13.3 Å². The van der Waals surface area contributed by atoms with E-state index in [-0.39, 0.29) is 10.6 Å². The predicted molar refractivity (Wildman–Crippen MR) is 60.5 cm³/mol. The summed E-state index contributed by atoms with van der Waals surface area (Å²) < 4.78 is 52.2. The van der Waals surface area contributed by atoms with Crippen LogP contribution >= 0.6 is 0 Å². The molecule has 0 aliphatic heterocycles. The highest BCUT2D eigenvalue weighted by Crippen LogP contribution is 2.21. The van der Waals surface area contributed by atoms with Gasteiger partial charge in [0.1, 0.15) is 11.6 Å². The monoisotopic (exact) mass is 273 g/mol. The summed E-state index contributed by atoms with van der Waals surface area (Å²) in [5, 5.41) is -0.233. The van der Waals surface area contributed by atoms with Gasteiger partial charge in [0.15, 0.2) is 5.03 Å². The lowest BCUT2D eigenvalue weighted by Gasteiger charge is -2.08. The van der Waals surface area contributed by atoms with Crippen LogP contribution in [0.5, 0.6) is 0 Å². The number of H-pyrrole nitrogens is 1. The average molecular weight is 273 g/mol. The summed E-state index contributed by atoms with van der Waals surface area (Å²) in [6.45, 7) is 1.38. The molecule has 1 heterocycles. The molecule has 2 rings (SSSR count). The van der Waals surface area contributed by atoms with Gasteiger partial charge in [-0.3, -0.25) is 4.72 Å². The molecule has 18 heavy (non-hydrogen) atoms. The topological polar surface area (TPSA) is 74.8 Å². The van der Waals surface area contributed by atoms with E-state index in [0.717, 1.165) is 18.3 Å². The fourth-order valence-electron chi connectivity index (χ4n) is 1.31. The number of anilines is 1.